The first-order valence-electron chi connectivity index (χ1n) is 6.37. The Morgan fingerprint density at radius 1 is 1.22 bits per heavy atom. The fourth-order valence-electron chi connectivity index (χ4n) is 1.77. The molecule has 2 heterocycles. The van der Waals surface area contributed by atoms with E-state index in [1.54, 1.807) is 6.92 Å². The van der Waals surface area contributed by atoms with E-state index in [1.165, 1.54) is 39.7 Å². The summed E-state index contributed by atoms with van der Waals surface area (Å²) in [6, 6.07) is 4.96. The molecule has 0 bridgehead atoms. The van der Waals surface area contributed by atoms with Gasteiger partial charge in [-0.05, 0) is 24.6 Å². The molecular weight excluding hydrogens is 349 g/mol. The highest BCUT2D eigenvalue weighted by molar-refractivity contribution is 8.00. The van der Waals surface area contributed by atoms with Crippen LogP contribution in [0.25, 0.3) is 4.96 Å². The molecule has 5 nitrogen and oxygen atoms in total. The van der Waals surface area contributed by atoms with Crippen molar-refractivity contribution in [1.29, 1.82) is 0 Å². The Balaban J connectivity index is 1.76. The summed E-state index contributed by atoms with van der Waals surface area (Å²) in [5.74, 6) is 0.444. The first kappa shape index (κ1) is 15.9. The third kappa shape index (κ3) is 3.37. The van der Waals surface area contributed by atoms with E-state index in [-0.39, 0.29) is 11.3 Å². The van der Waals surface area contributed by atoms with Crippen LogP contribution in [0.15, 0.2) is 33.4 Å². The van der Waals surface area contributed by atoms with Crippen molar-refractivity contribution in [2.24, 2.45) is 0 Å². The van der Waals surface area contributed by atoms with Crippen LogP contribution >= 0.6 is 23.1 Å². The van der Waals surface area contributed by atoms with Crippen LogP contribution in [-0.4, -0.2) is 19.8 Å². The molecule has 3 rings (SSSR count). The van der Waals surface area contributed by atoms with Gasteiger partial charge in [0.15, 0.2) is 4.34 Å². The van der Waals surface area contributed by atoms with Gasteiger partial charge in [0.25, 0.3) is 5.56 Å². The number of aryl methyl sites for hydroxylation is 1. The lowest BCUT2D eigenvalue weighted by atomic mass is 10.1. The highest BCUT2D eigenvalue weighted by Crippen LogP contribution is 2.31. The average Bonchev–Trinajstić information content (AvgIpc) is 2.92. The van der Waals surface area contributed by atoms with Gasteiger partial charge in [-0.3, -0.25) is 4.79 Å². The van der Waals surface area contributed by atoms with Crippen molar-refractivity contribution in [1.82, 2.24) is 19.8 Å². The van der Waals surface area contributed by atoms with Crippen LogP contribution < -0.4 is 5.56 Å². The highest BCUT2D eigenvalue weighted by Gasteiger charge is 2.29. The molecule has 2 aromatic heterocycles. The zero-order valence-corrected chi connectivity index (χ0v) is 13.3. The van der Waals surface area contributed by atoms with Gasteiger partial charge in [0.2, 0.25) is 4.96 Å². The van der Waals surface area contributed by atoms with E-state index < -0.39 is 11.7 Å². The van der Waals surface area contributed by atoms with Crippen LogP contribution in [0.5, 0.6) is 0 Å². The Morgan fingerprint density at radius 2 is 1.91 bits per heavy atom. The summed E-state index contributed by atoms with van der Waals surface area (Å²) in [6.45, 7) is 1.55. The van der Waals surface area contributed by atoms with Gasteiger partial charge in [0.1, 0.15) is 5.69 Å². The molecule has 0 spiro atoms. The molecule has 0 saturated heterocycles. The van der Waals surface area contributed by atoms with Gasteiger partial charge < -0.3 is 0 Å². The second-order valence-corrected chi connectivity index (χ2v) is 6.81. The minimum absolute atomic E-state index is 0.257. The molecule has 120 valence electrons. The zero-order valence-electron chi connectivity index (χ0n) is 11.7. The molecule has 0 amide bonds. The molecular formula is C13H9F3N4OS2. The lowest BCUT2D eigenvalue weighted by Gasteiger charge is -2.06. The summed E-state index contributed by atoms with van der Waals surface area (Å²) < 4.78 is 39.3. The molecule has 0 unspecified atom stereocenters. The number of hydrogen-bond acceptors (Lipinski definition) is 6. The van der Waals surface area contributed by atoms with Crippen LogP contribution in [0.4, 0.5) is 13.2 Å². The number of hydrogen-bond donors (Lipinski definition) is 0. The van der Waals surface area contributed by atoms with Crippen LogP contribution in [-0.2, 0) is 11.9 Å². The predicted molar refractivity (Wildman–Crippen MR) is 80.7 cm³/mol. The van der Waals surface area contributed by atoms with E-state index in [4.69, 9.17) is 0 Å². The van der Waals surface area contributed by atoms with Gasteiger partial charge in [-0.2, -0.15) is 17.7 Å². The lowest BCUT2D eigenvalue weighted by Crippen LogP contribution is -2.19. The van der Waals surface area contributed by atoms with Crippen molar-refractivity contribution in [2.45, 2.75) is 23.2 Å². The fraction of sp³-hybridized carbons (Fsp3) is 0.231. The number of alkyl halides is 3. The monoisotopic (exact) mass is 358 g/mol. The van der Waals surface area contributed by atoms with Crippen LogP contribution in [0.1, 0.15) is 16.8 Å². The number of fused-ring (bicyclic) bond motifs is 1. The Labute approximate surface area is 136 Å². The van der Waals surface area contributed by atoms with Gasteiger partial charge in [-0.15, -0.1) is 15.3 Å². The summed E-state index contributed by atoms with van der Waals surface area (Å²) in [4.78, 5) is 12.2. The smallest absolute Gasteiger partial charge is 0.265 e. The predicted octanol–water partition coefficient (Wildman–Crippen LogP) is 3.17. The molecule has 0 fully saturated rings. The topological polar surface area (TPSA) is 60.1 Å². The number of thioether (sulfide) groups is 1. The Morgan fingerprint density at radius 3 is 2.57 bits per heavy atom. The number of rotatable bonds is 3. The van der Waals surface area contributed by atoms with Crippen LogP contribution in [0, 0.1) is 6.92 Å². The fourth-order valence-corrected chi connectivity index (χ4v) is 3.60. The van der Waals surface area contributed by atoms with Crippen molar-refractivity contribution >= 4 is 28.1 Å². The van der Waals surface area contributed by atoms with Gasteiger partial charge >= 0.3 is 6.18 Å². The zero-order chi connectivity index (χ0) is 16.6. The van der Waals surface area contributed by atoms with E-state index in [0.29, 0.717) is 15.1 Å². The van der Waals surface area contributed by atoms with Gasteiger partial charge in [0.05, 0.1) is 5.56 Å². The van der Waals surface area contributed by atoms with Crippen LogP contribution in [0.3, 0.4) is 0 Å². The summed E-state index contributed by atoms with van der Waals surface area (Å²) in [7, 11) is 0. The molecule has 0 radical (unpaired) electrons. The number of halogens is 3. The van der Waals surface area contributed by atoms with Gasteiger partial charge in [-0.1, -0.05) is 35.2 Å². The molecule has 0 aliphatic rings. The normalized spacial score (nSPS) is 12.0. The average molecular weight is 358 g/mol. The third-order valence-electron chi connectivity index (χ3n) is 2.97. The largest absolute Gasteiger partial charge is 0.416 e. The van der Waals surface area contributed by atoms with Crippen molar-refractivity contribution in [3.8, 4) is 0 Å². The summed E-state index contributed by atoms with van der Waals surface area (Å²) in [5, 5.41) is 11.8. The molecule has 10 heteroatoms. The van der Waals surface area contributed by atoms with Crippen molar-refractivity contribution in [2.75, 3.05) is 0 Å². The number of nitrogens with zero attached hydrogens (tertiary/aromatic N) is 4. The third-order valence-corrected chi connectivity index (χ3v) is 5.08. The molecule has 0 aliphatic heterocycles. The second-order valence-electron chi connectivity index (χ2n) is 4.64. The van der Waals surface area contributed by atoms with E-state index in [0.717, 1.165) is 17.7 Å². The van der Waals surface area contributed by atoms with Crippen LogP contribution in [0.2, 0.25) is 0 Å². The van der Waals surface area contributed by atoms with E-state index in [1.807, 2.05) is 0 Å². The quantitative estimate of drug-likeness (QED) is 0.673. The Kier molecular flexibility index (Phi) is 4.11. The summed E-state index contributed by atoms with van der Waals surface area (Å²) in [6.07, 6.45) is -4.34. The first-order valence-corrected chi connectivity index (χ1v) is 8.17. The molecule has 3 aromatic rings. The maximum Gasteiger partial charge on any atom is 0.416 e. The Hall–Kier alpha value is -1.94. The van der Waals surface area contributed by atoms with Gasteiger partial charge in [0, 0.05) is 5.75 Å². The minimum Gasteiger partial charge on any atom is -0.265 e. The Bertz CT molecular complexity index is 902. The maximum atomic E-state index is 12.5. The molecule has 23 heavy (non-hydrogen) atoms. The first-order chi connectivity index (χ1) is 10.8. The van der Waals surface area contributed by atoms with E-state index in [9.17, 15) is 18.0 Å². The summed E-state index contributed by atoms with van der Waals surface area (Å²) >= 11 is 2.53. The molecule has 0 atom stereocenters. The standard InChI is InChI=1S/C13H9F3N4OS2/c1-7-10(21)20-11(18-17-7)23-12(19-20)22-6-8-2-4-9(5-3-8)13(14,15)16/h2-5H,6H2,1H3. The molecule has 1 aromatic carbocycles. The lowest BCUT2D eigenvalue weighted by molar-refractivity contribution is -0.137. The van der Waals surface area contributed by atoms with Gasteiger partial charge in [-0.25, -0.2) is 0 Å². The highest BCUT2D eigenvalue weighted by atomic mass is 32.2. The number of aromatic nitrogens is 4. The molecule has 0 saturated carbocycles. The maximum absolute atomic E-state index is 12.5. The van der Waals surface area contributed by atoms with E-state index in [2.05, 4.69) is 15.3 Å². The number of benzene rings is 1. The summed E-state index contributed by atoms with van der Waals surface area (Å²) in [5.41, 5.74) is -0.0138. The van der Waals surface area contributed by atoms with Crippen molar-refractivity contribution in [3.63, 3.8) is 0 Å². The van der Waals surface area contributed by atoms with E-state index >= 15 is 0 Å². The van der Waals surface area contributed by atoms with Crippen molar-refractivity contribution in [3.05, 3.63) is 51.4 Å². The minimum atomic E-state index is -4.34. The second kappa shape index (κ2) is 5.93. The SMILES string of the molecule is Cc1nnc2sc(SCc3ccc(C(F)(F)F)cc3)nn2c1=O. The molecule has 0 aliphatic carbocycles. The van der Waals surface area contributed by atoms with Crippen molar-refractivity contribution < 1.29 is 13.2 Å². The molecule has 0 N–H and O–H groups in total.